The third-order valence-corrected chi connectivity index (χ3v) is 8.75. The van der Waals surface area contributed by atoms with E-state index in [1.165, 1.54) is 29.2 Å². The molecule has 0 saturated carbocycles. The van der Waals surface area contributed by atoms with Gasteiger partial charge in [0.2, 0.25) is 11.8 Å². The molecule has 214 valence electrons. The lowest BCUT2D eigenvalue weighted by Gasteiger charge is -2.35. The average Bonchev–Trinajstić information content (AvgIpc) is 2.88. The lowest BCUT2D eigenvalue weighted by molar-refractivity contribution is -0.141. The lowest BCUT2D eigenvalue weighted by atomic mass is 10.1. The van der Waals surface area contributed by atoms with Gasteiger partial charge in [-0.25, -0.2) is 8.42 Å². The van der Waals surface area contributed by atoms with Crippen LogP contribution in [0.5, 0.6) is 0 Å². The van der Waals surface area contributed by atoms with Crippen molar-refractivity contribution in [2.45, 2.75) is 64.1 Å². The number of hydrogen-bond acceptors (Lipinski definition) is 4. The predicted octanol–water partition coefficient (Wildman–Crippen LogP) is 6.22. The van der Waals surface area contributed by atoms with Crippen molar-refractivity contribution in [1.29, 1.82) is 0 Å². The van der Waals surface area contributed by atoms with E-state index < -0.39 is 34.1 Å². The van der Waals surface area contributed by atoms with Crippen LogP contribution in [-0.4, -0.2) is 43.3 Å². The second kappa shape index (κ2) is 13.1. The monoisotopic (exact) mass is 603 g/mol. The van der Waals surface area contributed by atoms with E-state index in [1.807, 2.05) is 65.0 Å². The van der Waals surface area contributed by atoms with Crippen LogP contribution in [0.15, 0.2) is 77.7 Å². The molecule has 1 atom stereocenters. The second-order valence-corrected chi connectivity index (χ2v) is 13.2. The Morgan fingerprint density at radius 3 is 2.12 bits per heavy atom. The number of nitrogens with one attached hydrogen (secondary N) is 1. The number of hydrogen-bond donors (Lipinski definition) is 1. The Morgan fingerprint density at radius 2 is 1.55 bits per heavy atom. The third kappa shape index (κ3) is 7.77. The smallest absolute Gasteiger partial charge is 0.264 e. The Bertz CT molecular complexity index is 1440. The summed E-state index contributed by atoms with van der Waals surface area (Å²) in [5, 5.41) is 3.10. The topological polar surface area (TPSA) is 86.8 Å². The van der Waals surface area contributed by atoms with E-state index in [2.05, 4.69) is 5.32 Å². The largest absolute Gasteiger partial charge is 0.350 e. The summed E-state index contributed by atoms with van der Waals surface area (Å²) in [4.78, 5) is 28.9. The highest BCUT2D eigenvalue weighted by atomic mass is 35.5. The highest BCUT2D eigenvalue weighted by Gasteiger charge is 2.35. The summed E-state index contributed by atoms with van der Waals surface area (Å²) in [6, 6.07) is 19.3. The molecular weight excluding hydrogens is 569 g/mol. The minimum atomic E-state index is -4.25. The normalized spacial score (nSPS) is 12.5. The molecule has 0 aliphatic rings. The van der Waals surface area contributed by atoms with E-state index in [0.717, 1.165) is 15.4 Å². The van der Waals surface area contributed by atoms with Crippen molar-refractivity contribution in [3.05, 3.63) is 94.0 Å². The average molecular weight is 605 g/mol. The molecule has 1 unspecified atom stereocenters. The molecule has 3 aromatic carbocycles. The summed E-state index contributed by atoms with van der Waals surface area (Å²) in [5.74, 6) is -0.889. The number of benzene rings is 3. The van der Waals surface area contributed by atoms with Gasteiger partial charge in [0.05, 0.1) is 20.6 Å². The van der Waals surface area contributed by atoms with Crippen LogP contribution in [0.4, 0.5) is 5.69 Å². The summed E-state index contributed by atoms with van der Waals surface area (Å²) in [7, 11) is -4.25. The molecule has 0 bridgehead atoms. The zero-order valence-electron chi connectivity index (χ0n) is 23.3. The number of carbonyl (C=O) groups is 2. The maximum atomic E-state index is 14.1. The van der Waals surface area contributed by atoms with Gasteiger partial charge in [0.1, 0.15) is 12.6 Å². The lowest BCUT2D eigenvalue weighted by Crippen LogP contribution is -2.55. The molecule has 0 spiro atoms. The van der Waals surface area contributed by atoms with E-state index in [9.17, 15) is 18.0 Å². The number of anilines is 1. The van der Waals surface area contributed by atoms with Crippen molar-refractivity contribution >= 4 is 50.7 Å². The fourth-order valence-electron chi connectivity index (χ4n) is 4.19. The molecule has 3 aromatic rings. The Kier molecular flexibility index (Phi) is 10.3. The molecule has 0 aliphatic carbocycles. The minimum absolute atomic E-state index is 0.000204. The molecule has 0 heterocycles. The number of carbonyl (C=O) groups excluding carboxylic acids is 2. The molecule has 0 fully saturated rings. The Morgan fingerprint density at radius 1 is 0.925 bits per heavy atom. The van der Waals surface area contributed by atoms with Crippen LogP contribution in [0.25, 0.3) is 0 Å². The highest BCUT2D eigenvalue weighted by Crippen LogP contribution is 2.35. The summed E-state index contributed by atoms with van der Waals surface area (Å²) >= 11 is 12.7. The van der Waals surface area contributed by atoms with E-state index in [0.29, 0.717) is 6.42 Å². The van der Waals surface area contributed by atoms with Crippen molar-refractivity contribution in [3.8, 4) is 0 Å². The summed E-state index contributed by atoms with van der Waals surface area (Å²) in [5.41, 5.74) is 1.22. The van der Waals surface area contributed by atoms with Gasteiger partial charge < -0.3 is 10.2 Å². The number of halogens is 2. The molecule has 3 rings (SSSR count). The molecule has 0 aromatic heterocycles. The van der Waals surface area contributed by atoms with Crippen LogP contribution < -0.4 is 9.62 Å². The molecule has 40 heavy (non-hydrogen) atoms. The Hall–Kier alpha value is -3.07. The number of sulfonamides is 1. The van der Waals surface area contributed by atoms with Gasteiger partial charge >= 0.3 is 0 Å². The van der Waals surface area contributed by atoms with Crippen LogP contribution in [0.3, 0.4) is 0 Å². The molecule has 10 heteroatoms. The zero-order valence-corrected chi connectivity index (χ0v) is 25.6. The van der Waals surface area contributed by atoms with Gasteiger partial charge in [-0.2, -0.15) is 0 Å². The Labute approximate surface area is 247 Å². The van der Waals surface area contributed by atoms with Crippen LogP contribution >= 0.6 is 23.2 Å². The van der Waals surface area contributed by atoms with Crippen LogP contribution in [0.1, 0.15) is 45.2 Å². The van der Waals surface area contributed by atoms with E-state index in [1.54, 1.807) is 18.2 Å². The molecular formula is C30H35Cl2N3O4S. The standard InChI is InChI=1S/C30H35Cl2N3O4S/c1-6-25(29(37)33-30(3,4)5)34(19-22-11-8-7-9-12-22)27(36)20-35(26-14-10-13-24(31)28(26)32)40(38,39)23-17-15-21(2)16-18-23/h7-18,25H,6,19-20H2,1-5H3,(H,33,37). The van der Waals surface area contributed by atoms with Gasteiger partial charge in [-0.3, -0.25) is 13.9 Å². The number of amides is 2. The van der Waals surface area contributed by atoms with E-state index >= 15 is 0 Å². The molecule has 0 radical (unpaired) electrons. The number of aryl methyl sites for hydroxylation is 1. The van der Waals surface area contributed by atoms with Gasteiger partial charge in [0, 0.05) is 12.1 Å². The summed E-state index contributed by atoms with van der Waals surface area (Å²) in [6.45, 7) is 8.75. The summed E-state index contributed by atoms with van der Waals surface area (Å²) in [6.07, 6.45) is 0.323. The van der Waals surface area contributed by atoms with Crippen molar-refractivity contribution < 1.29 is 18.0 Å². The Balaban J connectivity index is 2.10. The first-order valence-corrected chi connectivity index (χ1v) is 15.1. The van der Waals surface area contributed by atoms with Crippen molar-refractivity contribution in [2.75, 3.05) is 10.8 Å². The quantitative estimate of drug-likeness (QED) is 0.298. The van der Waals surface area contributed by atoms with E-state index in [-0.39, 0.29) is 33.1 Å². The SMILES string of the molecule is CCC(C(=O)NC(C)(C)C)N(Cc1ccccc1)C(=O)CN(c1cccc(Cl)c1Cl)S(=O)(=O)c1ccc(C)cc1. The first kappa shape index (κ1) is 31.5. The van der Waals surface area contributed by atoms with Gasteiger partial charge in [0.25, 0.3) is 10.0 Å². The predicted molar refractivity (Wildman–Crippen MR) is 161 cm³/mol. The van der Waals surface area contributed by atoms with Gasteiger partial charge in [-0.15, -0.1) is 0 Å². The number of rotatable bonds is 10. The molecule has 1 N–H and O–H groups in total. The fraction of sp³-hybridized carbons (Fsp3) is 0.333. The fourth-order valence-corrected chi connectivity index (χ4v) is 6.06. The van der Waals surface area contributed by atoms with Crippen LogP contribution in [0.2, 0.25) is 10.0 Å². The van der Waals surface area contributed by atoms with Crippen molar-refractivity contribution in [1.82, 2.24) is 10.2 Å². The van der Waals surface area contributed by atoms with Crippen molar-refractivity contribution in [2.24, 2.45) is 0 Å². The highest BCUT2D eigenvalue weighted by molar-refractivity contribution is 7.92. The minimum Gasteiger partial charge on any atom is -0.350 e. The second-order valence-electron chi connectivity index (χ2n) is 10.6. The van der Waals surface area contributed by atoms with E-state index in [4.69, 9.17) is 23.2 Å². The number of nitrogens with zero attached hydrogens (tertiary/aromatic N) is 2. The molecule has 2 amide bonds. The van der Waals surface area contributed by atoms with Gasteiger partial charge in [0.15, 0.2) is 0 Å². The molecule has 0 saturated heterocycles. The molecule has 0 aliphatic heterocycles. The molecule has 7 nitrogen and oxygen atoms in total. The first-order valence-electron chi connectivity index (χ1n) is 12.9. The zero-order chi connectivity index (χ0) is 29.7. The summed E-state index contributed by atoms with van der Waals surface area (Å²) < 4.78 is 28.9. The van der Waals surface area contributed by atoms with Crippen LogP contribution in [-0.2, 0) is 26.2 Å². The van der Waals surface area contributed by atoms with Crippen LogP contribution in [0, 0.1) is 6.92 Å². The maximum Gasteiger partial charge on any atom is 0.264 e. The van der Waals surface area contributed by atoms with Gasteiger partial charge in [-0.05, 0) is 63.9 Å². The van der Waals surface area contributed by atoms with Crippen molar-refractivity contribution in [3.63, 3.8) is 0 Å². The maximum absolute atomic E-state index is 14.1. The van der Waals surface area contributed by atoms with Gasteiger partial charge in [-0.1, -0.05) is 84.2 Å². The first-order chi connectivity index (χ1) is 18.7. The third-order valence-electron chi connectivity index (χ3n) is 6.17.